The summed E-state index contributed by atoms with van der Waals surface area (Å²) in [5.41, 5.74) is 2.38. The smallest absolute Gasteiger partial charge is 0.282 e. The molecule has 30 heavy (non-hydrogen) atoms. The number of nitro benzene ring substituents is 1. The van der Waals surface area contributed by atoms with E-state index in [1.165, 1.54) is 24.3 Å². The van der Waals surface area contributed by atoms with Gasteiger partial charge in [0.2, 0.25) is 0 Å². The zero-order chi connectivity index (χ0) is 21.4. The van der Waals surface area contributed by atoms with Gasteiger partial charge >= 0.3 is 0 Å². The van der Waals surface area contributed by atoms with E-state index in [-0.39, 0.29) is 28.3 Å². The molecule has 0 radical (unpaired) electrons. The summed E-state index contributed by atoms with van der Waals surface area (Å²) in [6.45, 7) is 0. The third-order valence-corrected chi connectivity index (χ3v) is 4.55. The molecule has 0 bridgehead atoms. The number of benzene rings is 2. The number of nitrogens with zero attached hydrogens (tertiary/aromatic N) is 2. The summed E-state index contributed by atoms with van der Waals surface area (Å²) >= 11 is 5.93. The lowest BCUT2D eigenvalue weighted by Gasteiger charge is -2.14. The van der Waals surface area contributed by atoms with E-state index >= 15 is 0 Å². The Morgan fingerprint density at radius 3 is 2.63 bits per heavy atom. The number of furan rings is 1. The van der Waals surface area contributed by atoms with Gasteiger partial charge in [0.15, 0.2) is 0 Å². The highest BCUT2D eigenvalue weighted by Gasteiger charge is 2.34. The van der Waals surface area contributed by atoms with Crippen LogP contribution in [0.3, 0.4) is 0 Å². The zero-order valence-electron chi connectivity index (χ0n) is 15.0. The molecule has 1 N–H and O–H groups in total. The molecule has 2 amide bonds. The molecule has 4 rings (SSSR count). The fraction of sp³-hybridized carbons (Fsp3) is 0. The van der Waals surface area contributed by atoms with E-state index in [4.69, 9.17) is 16.0 Å². The summed E-state index contributed by atoms with van der Waals surface area (Å²) in [4.78, 5) is 35.2. The van der Waals surface area contributed by atoms with E-state index in [1.54, 1.807) is 18.2 Å². The Morgan fingerprint density at radius 2 is 1.90 bits per heavy atom. The molecule has 0 spiro atoms. The van der Waals surface area contributed by atoms with Gasteiger partial charge in [-0.1, -0.05) is 29.5 Å². The number of nitro groups is 1. The van der Waals surface area contributed by atoms with Crippen molar-refractivity contribution < 1.29 is 24.0 Å². The molecule has 1 aromatic heterocycles. The highest BCUT2D eigenvalue weighted by Crippen LogP contribution is 2.33. The normalized spacial score (nSPS) is 15.0. The molecule has 1 aliphatic heterocycles. The lowest BCUT2D eigenvalue weighted by molar-refractivity contribution is -0.385. The number of hydrazine groups is 1. The Hall–Kier alpha value is -4.11. The molecular weight excluding hydrogens is 414 g/mol. The van der Waals surface area contributed by atoms with Crippen LogP contribution in [-0.2, 0) is 9.59 Å². The summed E-state index contributed by atoms with van der Waals surface area (Å²) in [5, 5.41) is 24.4. The second-order valence-electron chi connectivity index (χ2n) is 6.26. The molecule has 0 unspecified atom stereocenters. The van der Waals surface area contributed by atoms with Crippen molar-refractivity contribution in [3.05, 3.63) is 81.1 Å². The van der Waals surface area contributed by atoms with Gasteiger partial charge in [-0.15, -0.1) is 0 Å². The average molecular weight is 425 g/mol. The van der Waals surface area contributed by atoms with Gasteiger partial charge in [-0.05, 0) is 36.4 Å². The van der Waals surface area contributed by atoms with Crippen LogP contribution in [0.2, 0.25) is 5.02 Å². The van der Waals surface area contributed by atoms with Crippen LogP contribution in [0, 0.1) is 10.1 Å². The van der Waals surface area contributed by atoms with E-state index < -0.39 is 22.5 Å². The number of rotatable bonds is 4. The van der Waals surface area contributed by atoms with Crippen LogP contribution in [0.25, 0.3) is 17.4 Å². The van der Waals surface area contributed by atoms with Crippen molar-refractivity contribution in [3.8, 4) is 17.1 Å². The Balaban J connectivity index is 1.65. The van der Waals surface area contributed by atoms with Gasteiger partial charge < -0.3 is 9.52 Å². The Morgan fingerprint density at radius 1 is 1.10 bits per heavy atom. The molecule has 2 heterocycles. The molecule has 1 aliphatic rings. The molecule has 150 valence electrons. The van der Waals surface area contributed by atoms with Crippen molar-refractivity contribution >= 4 is 40.9 Å². The van der Waals surface area contributed by atoms with Crippen LogP contribution in [-0.4, -0.2) is 16.7 Å². The van der Waals surface area contributed by atoms with Crippen molar-refractivity contribution in [2.45, 2.75) is 0 Å². The first kappa shape index (κ1) is 19.2. The van der Waals surface area contributed by atoms with Gasteiger partial charge in [0, 0.05) is 22.7 Å². The first-order valence-electron chi connectivity index (χ1n) is 8.52. The van der Waals surface area contributed by atoms with E-state index in [1.807, 2.05) is 0 Å². The number of hydrogen-bond donors (Lipinski definition) is 1. The fourth-order valence-electron chi connectivity index (χ4n) is 2.90. The molecule has 9 nitrogen and oxygen atoms in total. The average Bonchev–Trinajstić information content (AvgIpc) is 3.28. The van der Waals surface area contributed by atoms with Crippen molar-refractivity contribution in [2.75, 3.05) is 5.01 Å². The lowest BCUT2D eigenvalue weighted by Crippen LogP contribution is -2.35. The van der Waals surface area contributed by atoms with E-state index in [0.717, 1.165) is 23.2 Å². The van der Waals surface area contributed by atoms with Crippen molar-refractivity contribution in [1.29, 1.82) is 0 Å². The van der Waals surface area contributed by atoms with Crippen LogP contribution in [0.5, 0.6) is 5.75 Å². The highest BCUT2D eigenvalue weighted by molar-refractivity contribution is 6.33. The standard InChI is InChI=1S/C20H12ClN3O6/c21-11-2-1-3-12(8-11)23-20(27)16(19(26)22-23)10-14-5-7-18(30-14)15-9-13(24(28)29)4-6-17(15)25/h1-10,25H,(H,22,26)/p-1/b16-10-. The zero-order valence-corrected chi connectivity index (χ0v) is 15.8. The van der Waals surface area contributed by atoms with Crippen molar-refractivity contribution in [2.24, 2.45) is 0 Å². The SMILES string of the molecule is O=C1NN(c2cccc(Cl)c2)C(=O)/C1=C\c1ccc(-c2cc([N+](=O)[O-])ccc2[O-])o1. The quantitative estimate of drug-likeness (QED) is 0.296. The van der Waals surface area contributed by atoms with Crippen molar-refractivity contribution in [3.63, 3.8) is 0 Å². The fourth-order valence-corrected chi connectivity index (χ4v) is 3.08. The van der Waals surface area contributed by atoms with Crippen LogP contribution in [0.1, 0.15) is 5.76 Å². The minimum atomic E-state index is -0.641. The predicted molar refractivity (Wildman–Crippen MR) is 105 cm³/mol. The summed E-state index contributed by atoms with van der Waals surface area (Å²) in [6, 6.07) is 12.6. The Kier molecular flexibility index (Phi) is 4.72. The minimum Gasteiger partial charge on any atom is -0.872 e. The molecule has 0 atom stereocenters. The van der Waals surface area contributed by atoms with Crippen LogP contribution in [0.4, 0.5) is 11.4 Å². The number of hydrogen-bond acceptors (Lipinski definition) is 6. The first-order valence-corrected chi connectivity index (χ1v) is 8.89. The second-order valence-corrected chi connectivity index (χ2v) is 6.70. The van der Waals surface area contributed by atoms with Crippen LogP contribution in [0.15, 0.2) is 64.6 Å². The molecule has 10 heteroatoms. The monoisotopic (exact) mass is 424 g/mol. The summed E-state index contributed by atoms with van der Waals surface area (Å²) in [5.74, 6) is -1.51. The van der Waals surface area contributed by atoms with Gasteiger partial charge in [-0.3, -0.25) is 25.1 Å². The molecule has 3 aromatic rings. The van der Waals surface area contributed by atoms with Crippen molar-refractivity contribution in [1.82, 2.24) is 5.43 Å². The minimum absolute atomic E-state index is 0.00314. The van der Waals surface area contributed by atoms with E-state index in [2.05, 4.69) is 5.43 Å². The van der Waals surface area contributed by atoms with Gasteiger partial charge in [0.05, 0.1) is 10.6 Å². The topological polar surface area (TPSA) is 129 Å². The van der Waals surface area contributed by atoms with E-state index in [0.29, 0.717) is 10.7 Å². The second kappa shape index (κ2) is 7.37. The Labute approximate surface area is 173 Å². The molecular formula is C20H11ClN3O6-. The molecule has 0 aliphatic carbocycles. The number of anilines is 1. The molecule has 0 saturated carbocycles. The van der Waals surface area contributed by atoms with Gasteiger partial charge in [-0.2, -0.15) is 0 Å². The maximum atomic E-state index is 12.6. The van der Waals surface area contributed by atoms with Gasteiger partial charge in [-0.25, -0.2) is 5.01 Å². The number of carbonyl (C=O) groups excluding carboxylic acids is 2. The summed E-state index contributed by atoms with van der Waals surface area (Å²) < 4.78 is 5.53. The lowest BCUT2D eigenvalue weighted by atomic mass is 10.1. The number of non-ortho nitro benzene ring substituents is 1. The summed E-state index contributed by atoms with van der Waals surface area (Å²) in [6.07, 6.45) is 1.23. The number of nitrogens with one attached hydrogen (secondary N) is 1. The first-order chi connectivity index (χ1) is 14.3. The largest absolute Gasteiger partial charge is 0.872 e. The molecule has 1 saturated heterocycles. The Bertz CT molecular complexity index is 1230. The van der Waals surface area contributed by atoms with Crippen LogP contribution >= 0.6 is 11.6 Å². The van der Waals surface area contributed by atoms with Crippen LogP contribution < -0.4 is 15.5 Å². The third kappa shape index (κ3) is 3.49. The predicted octanol–water partition coefficient (Wildman–Crippen LogP) is 3.04. The van der Waals surface area contributed by atoms with E-state index in [9.17, 15) is 24.8 Å². The maximum absolute atomic E-state index is 12.6. The molecule has 1 fully saturated rings. The highest BCUT2D eigenvalue weighted by atomic mass is 35.5. The number of halogens is 1. The molecule has 2 aromatic carbocycles. The van der Waals surface area contributed by atoms with Gasteiger partial charge in [0.25, 0.3) is 17.5 Å². The maximum Gasteiger partial charge on any atom is 0.282 e. The van der Waals surface area contributed by atoms with Gasteiger partial charge in [0.1, 0.15) is 17.1 Å². The summed E-state index contributed by atoms with van der Waals surface area (Å²) in [7, 11) is 0. The number of carbonyl (C=O) groups is 2. The third-order valence-electron chi connectivity index (χ3n) is 4.31. The number of amides is 2.